The summed E-state index contributed by atoms with van der Waals surface area (Å²) in [6, 6.07) is 3.29. The standard InChI is InChI=1S/C11H13FN4O2S/c12-10-2-1-9(7-11(10)13)19(17,18)15-4-6-16-5-3-14-8-16/h1-3,5,7-8,15H,4,6,13H2. The lowest BCUT2D eigenvalue weighted by molar-refractivity contribution is 0.572. The molecular formula is C11H13FN4O2S. The maximum atomic E-state index is 13.0. The molecule has 102 valence electrons. The molecule has 0 saturated heterocycles. The molecule has 8 heteroatoms. The number of anilines is 1. The van der Waals surface area contributed by atoms with Crippen molar-refractivity contribution in [2.75, 3.05) is 12.3 Å². The molecule has 19 heavy (non-hydrogen) atoms. The van der Waals surface area contributed by atoms with Crippen LogP contribution in [-0.2, 0) is 16.6 Å². The minimum Gasteiger partial charge on any atom is -0.396 e. The molecule has 0 saturated carbocycles. The highest BCUT2D eigenvalue weighted by Gasteiger charge is 2.14. The number of sulfonamides is 1. The Morgan fingerprint density at radius 1 is 1.42 bits per heavy atom. The van der Waals surface area contributed by atoms with Crippen LogP contribution in [0.3, 0.4) is 0 Å². The molecular weight excluding hydrogens is 271 g/mol. The Hall–Kier alpha value is -1.93. The van der Waals surface area contributed by atoms with Gasteiger partial charge in [0.15, 0.2) is 0 Å². The molecule has 1 aromatic carbocycles. The van der Waals surface area contributed by atoms with E-state index >= 15 is 0 Å². The van der Waals surface area contributed by atoms with Gasteiger partial charge in [0.2, 0.25) is 10.0 Å². The smallest absolute Gasteiger partial charge is 0.240 e. The summed E-state index contributed by atoms with van der Waals surface area (Å²) in [4.78, 5) is 3.79. The SMILES string of the molecule is Nc1cc(S(=O)(=O)NCCn2ccnc2)ccc1F. The Balaban J connectivity index is 2.03. The van der Waals surface area contributed by atoms with Crippen LogP contribution in [0.2, 0.25) is 0 Å². The molecule has 1 aromatic heterocycles. The maximum Gasteiger partial charge on any atom is 0.240 e. The zero-order chi connectivity index (χ0) is 13.9. The number of aromatic nitrogens is 2. The maximum absolute atomic E-state index is 13.0. The second-order valence-electron chi connectivity index (χ2n) is 3.88. The molecule has 0 radical (unpaired) electrons. The molecule has 0 atom stereocenters. The zero-order valence-electron chi connectivity index (χ0n) is 9.95. The van der Waals surface area contributed by atoms with E-state index in [-0.39, 0.29) is 17.1 Å². The van der Waals surface area contributed by atoms with Crippen LogP contribution in [0.1, 0.15) is 0 Å². The van der Waals surface area contributed by atoms with Crippen molar-refractivity contribution in [2.45, 2.75) is 11.4 Å². The normalized spacial score (nSPS) is 11.6. The predicted molar refractivity (Wildman–Crippen MR) is 68.2 cm³/mol. The van der Waals surface area contributed by atoms with Gasteiger partial charge in [-0.15, -0.1) is 0 Å². The van der Waals surface area contributed by atoms with Crippen molar-refractivity contribution in [1.29, 1.82) is 0 Å². The fourth-order valence-electron chi connectivity index (χ4n) is 1.50. The van der Waals surface area contributed by atoms with Crippen LogP contribution < -0.4 is 10.5 Å². The molecule has 6 nitrogen and oxygen atoms in total. The molecule has 2 rings (SSSR count). The molecule has 0 aliphatic rings. The summed E-state index contributed by atoms with van der Waals surface area (Å²) in [6.07, 6.45) is 4.92. The first-order valence-corrected chi connectivity index (χ1v) is 6.98. The monoisotopic (exact) mass is 284 g/mol. The van der Waals surface area contributed by atoms with Gasteiger partial charge in [-0.25, -0.2) is 22.5 Å². The molecule has 3 N–H and O–H groups in total. The average molecular weight is 284 g/mol. The molecule has 0 aliphatic heterocycles. The third-order valence-corrected chi connectivity index (χ3v) is 3.96. The van der Waals surface area contributed by atoms with Crippen LogP contribution in [0.4, 0.5) is 10.1 Å². The van der Waals surface area contributed by atoms with Crippen LogP contribution in [0.15, 0.2) is 41.8 Å². The lowest BCUT2D eigenvalue weighted by Gasteiger charge is -2.08. The number of nitrogens with two attached hydrogens (primary N) is 1. The quantitative estimate of drug-likeness (QED) is 0.786. The first-order chi connectivity index (χ1) is 8.99. The predicted octanol–water partition coefficient (Wildman–Crippen LogP) is 0.583. The molecule has 0 bridgehead atoms. The van der Waals surface area contributed by atoms with Gasteiger partial charge in [-0.05, 0) is 18.2 Å². The molecule has 0 spiro atoms. The van der Waals surface area contributed by atoms with E-state index in [1.165, 1.54) is 6.07 Å². The van der Waals surface area contributed by atoms with Crippen molar-refractivity contribution in [3.05, 3.63) is 42.7 Å². The van der Waals surface area contributed by atoms with Gasteiger partial charge in [0, 0.05) is 25.5 Å². The fourth-order valence-corrected chi connectivity index (χ4v) is 2.56. The Labute approximate surface area is 110 Å². The van der Waals surface area contributed by atoms with E-state index in [1.54, 1.807) is 23.3 Å². The van der Waals surface area contributed by atoms with Gasteiger partial charge in [0.1, 0.15) is 5.82 Å². The van der Waals surface area contributed by atoms with Gasteiger partial charge >= 0.3 is 0 Å². The number of halogens is 1. The van der Waals surface area contributed by atoms with Crippen molar-refractivity contribution in [2.24, 2.45) is 0 Å². The van der Waals surface area contributed by atoms with E-state index in [1.807, 2.05) is 0 Å². The largest absolute Gasteiger partial charge is 0.396 e. The molecule has 0 aliphatic carbocycles. The van der Waals surface area contributed by atoms with Crippen molar-refractivity contribution < 1.29 is 12.8 Å². The summed E-state index contributed by atoms with van der Waals surface area (Å²) >= 11 is 0. The van der Waals surface area contributed by atoms with Crippen LogP contribution in [-0.4, -0.2) is 24.5 Å². The van der Waals surface area contributed by atoms with Gasteiger partial charge in [-0.1, -0.05) is 0 Å². The molecule has 2 aromatic rings. The van der Waals surface area contributed by atoms with Crippen molar-refractivity contribution >= 4 is 15.7 Å². The molecule has 0 unspecified atom stereocenters. The van der Waals surface area contributed by atoms with Crippen LogP contribution in [0.25, 0.3) is 0 Å². The lowest BCUT2D eigenvalue weighted by atomic mass is 10.3. The number of nitrogens with one attached hydrogen (secondary N) is 1. The highest BCUT2D eigenvalue weighted by atomic mass is 32.2. The lowest BCUT2D eigenvalue weighted by Crippen LogP contribution is -2.27. The van der Waals surface area contributed by atoms with Gasteiger partial charge < -0.3 is 10.3 Å². The number of nitrogens with zero attached hydrogens (tertiary/aromatic N) is 2. The third kappa shape index (κ3) is 3.30. The first kappa shape index (κ1) is 13.5. The first-order valence-electron chi connectivity index (χ1n) is 5.49. The number of benzene rings is 1. The summed E-state index contributed by atoms with van der Waals surface area (Å²) in [5.41, 5.74) is 5.15. The summed E-state index contributed by atoms with van der Waals surface area (Å²) < 4.78 is 40.9. The molecule has 1 heterocycles. The number of hydrogen-bond donors (Lipinski definition) is 2. The second kappa shape index (κ2) is 5.37. The number of nitrogen functional groups attached to an aromatic ring is 1. The molecule has 0 amide bonds. The Bertz CT molecular complexity index is 655. The summed E-state index contributed by atoms with van der Waals surface area (Å²) in [6.45, 7) is 0.659. The average Bonchev–Trinajstić information content (AvgIpc) is 2.85. The van der Waals surface area contributed by atoms with E-state index in [2.05, 4.69) is 9.71 Å². The van der Waals surface area contributed by atoms with Gasteiger partial charge in [-0.2, -0.15) is 0 Å². The van der Waals surface area contributed by atoms with Gasteiger partial charge in [0.25, 0.3) is 0 Å². The van der Waals surface area contributed by atoms with E-state index < -0.39 is 15.8 Å². The number of imidazole rings is 1. The summed E-state index contributed by atoms with van der Waals surface area (Å²) in [7, 11) is -3.68. The zero-order valence-corrected chi connectivity index (χ0v) is 10.8. The van der Waals surface area contributed by atoms with E-state index in [9.17, 15) is 12.8 Å². The Morgan fingerprint density at radius 3 is 2.84 bits per heavy atom. The van der Waals surface area contributed by atoms with Crippen molar-refractivity contribution in [3.63, 3.8) is 0 Å². The molecule has 0 fully saturated rings. The van der Waals surface area contributed by atoms with Crippen LogP contribution in [0, 0.1) is 5.82 Å². The Kier molecular flexibility index (Phi) is 3.82. The van der Waals surface area contributed by atoms with Crippen LogP contribution >= 0.6 is 0 Å². The fraction of sp³-hybridized carbons (Fsp3) is 0.182. The second-order valence-corrected chi connectivity index (χ2v) is 5.65. The topological polar surface area (TPSA) is 90.0 Å². The van der Waals surface area contributed by atoms with E-state index in [4.69, 9.17) is 5.73 Å². The van der Waals surface area contributed by atoms with E-state index in [0.717, 1.165) is 12.1 Å². The van der Waals surface area contributed by atoms with Crippen molar-refractivity contribution in [1.82, 2.24) is 14.3 Å². The Morgan fingerprint density at radius 2 is 2.21 bits per heavy atom. The number of rotatable bonds is 5. The minimum absolute atomic E-state index is 0.0583. The number of hydrogen-bond acceptors (Lipinski definition) is 4. The van der Waals surface area contributed by atoms with Gasteiger partial charge in [0.05, 0.1) is 16.9 Å². The summed E-state index contributed by atoms with van der Waals surface area (Å²) in [5.74, 6) is -0.641. The summed E-state index contributed by atoms with van der Waals surface area (Å²) in [5, 5.41) is 0. The highest BCUT2D eigenvalue weighted by molar-refractivity contribution is 7.89. The highest BCUT2D eigenvalue weighted by Crippen LogP contribution is 2.16. The minimum atomic E-state index is -3.68. The van der Waals surface area contributed by atoms with Crippen molar-refractivity contribution in [3.8, 4) is 0 Å². The van der Waals surface area contributed by atoms with Crippen LogP contribution in [0.5, 0.6) is 0 Å². The van der Waals surface area contributed by atoms with E-state index in [0.29, 0.717) is 6.54 Å². The third-order valence-electron chi connectivity index (χ3n) is 2.50. The van der Waals surface area contributed by atoms with Gasteiger partial charge in [-0.3, -0.25) is 0 Å².